The quantitative estimate of drug-likeness (QED) is 0.0279. The zero-order valence-corrected chi connectivity index (χ0v) is 57.8. The monoisotopic (exact) mass is 1370 g/mol. The van der Waals surface area contributed by atoms with Gasteiger partial charge in [-0.2, -0.15) is 0 Å². The summed E-state index contributed by atoms with van der Waals surface area (Å²) in [4.78, 5) is 64.2. The Hall–Kier alpha value is -11.9. The molecule has 0 amide bonds. The molecule has 20 heteroatoms. The van der Waals surface area contributed by atoms with Crippen molar-refractivity contribution >= 4 is 35.4 Å². The highest BCUT2D eigenvalue weighted by Gasteiger charge is 2.28. The van der Waals surface area contributed by atoms with E-state index < -0.39 is 47.7 Å². The number of halogens is 2. The molecule has 522 valence electrons. The van der Waals surface area contributed by atoms with Crippen LogP contribution in [0, 0.1) is 32.4 Å². The van der Waals surface area contributed by atoms with E-state index in [2.05, 4.69) is 49.7 Å². The maximum absolute atomic E-state index is 14.4. The summed E-state index contributed by atoms with van der Waals surface area (Å²) in [6.45, 7) is 14.0. The second-order valence-corrected chi connectivity index (χ2v) is 24.9. The van der Waals surface area contributed by atoms with Crippen molar-refractivity contribution in [2.45, 2.75) is 124 Å². The molecule has 0 radical (unpaired) electrons. The maximum Gasteiger partial charge on any atom is 0.326 e. The van der Waals surface area contributed by atoms with E-state index in [0.717, 1.165) is 85.7 Å². The zero-order valence-electron chi connectivity index (χ0n) is 57.8. The summed E-state index contributed by atoms with van der Waals surface area (Å²) in [7, 11) is 0. The van der Waals surface area contributed by atoms with Crippen molar-refractivity contribution in [3.8, 4) is 33.8 Å². The van der Waals surface area contributed by atoms with Crippen LogP contribution >= 0.6 is 0 Å². The van der Waals surface area contributed by atoms with Crippen LogP contribution in [0.15, 0.2) is 220 Å². The molecule has 12 rings (SSSR count). The Bertz CT molecular complexity index is 4760. The van der Waals surface area contributed by atoms with Gasteiger partial charge in [0.15, 0.2) is 11.6 Å². The zero-order chi connectivity index (χ0) is 72.2. The fourth-order valence-corrected chi connectivity index (χ4v) is 11.7. The number of nitrogens with one attached hydrogen (secondary N) is 3. The fourth-order valence-electron chi connectivity index (χ4n) is 11.7. The van der Waals surface area contributed by atoms with Gasteiger partial charge in [0.05, 0.1) is 52.8 Å². The van der Waals surface area contributed by atoms with Gasteiger partial charge in [-0.05, 0) is 78.4 Å². The van der Waals surface area contributed by atoms with Gasteiger partial charge in [-0.3, -0.25) is 0 Å². The lowest BCUT2D eigenvalue weighted by atomic mass is 10.1. The Balaban J connectivity index is 0.000000165. The standard InChI is InChI=1S/C28H29N3O3.C27H25F2N3O3.C27H27N3O3/c1-18(2)26-19(3)14-22(34-26)16-24(28(32)33)31-27-23(15-20-10-6-4-7-11-20)30-25(17-29-27)21-12-8-5-9-13-21;1-3-24-16(2)12-19(35-24)14-22(27(33)34)32-26-21(13-18-10-7-11-20(28)25(18)29)31-23(15-30-26)17-8-5-4-6-9-17;1-3-25-18(2)14-21(33-25)16-23(27(31)32)30-26-22(15-19-10-6-4-7-11-19)29-24(17-28-26)20-12-8-5-9-13-20/h4-14,17-18,24H,15-16H2,1-3H3,(H,29,31)(H,32,33);4-12,15,22H,3,13-14H2,1-2H3,(H,30,32)(H,33,34);4-14,17,23H,3,15-16H2,1-2H3,(H,28,30)(H,31,32). The van der Waals surface area contributed by atoms with Crippen molar-refractivity contribution in [2.75, 3.05) is 16.0 Å². The van der Waals surface area contributed by atoms with Crippen molar-refractivity contribution in [3.05, 3.63) is 303 Å². The molecule has 6 aromatic heterocycles. The van der Waals surface area contributed by atoms with Crippen molar-refractivity contribution in [2.24, 2.45) is 0 Å². The van der Waals surface area contributed by atoms with Crippen molar-refractivity contribution < 1.29 is 51.7 Å². The van der Waals surface area contributed by atoms with Gasteiger partial charge in [-0.1, -0.05) is 191 Å². The van der Waals surface area contributed by atoms with Crippen LogP contribution in [0.5, 0.6) is 0 Å². The summed E-state index contributed by atoms with van der Waals surface area (Å²) in [5.41, 5.74) is 11.7. The van der Waals surface area contributed by atoms with E-state index in [0.29, 0.717) is 71.0 Å². The molecule has 6 heterocycles. The number of anilines is 3. The van der Waals surface area contributed by atoms with Gasteiger partial charge in [0.2, 0.25) is 0 Å². The van der Waals surface area contributed by atoms with Crippen LogP contribution in [-0.2, 0) is 65.8 Å². The molecule has 6 N–H and O–H groups in total. The van der Waals surface area contributed by atoms with Crippen LogP contribution in [0.2, 0.25) is 0 Å². The van der Waals surface area contributed by atoms with E-state index in [-0.39, 0.29) is 43.0 Å². The molecule has 18 nitrogen and oxygen atoms in total. The average molecular weight is 1370 g/mol. The Morgan fingerprint density at radius 3 is 1.09 bits per heavy atom. The highest BCUT2D eigenvalue weighted by molar-refractivity contribution is 5.79. The van der Waals surface area contributed by atoms with E-state index in [4.69, 9.17) is 23.2 Å². The first kappa shape index (κ1) is 72.8. The summed E-state index contributed by atoms with van der Waals surface area (Å²) in [5, 5.41) is 38.8. The van der Waals surface area contributed by atoms with Crippen LogP contribution in [-0.4, -0.2) is 81.3 Å². The first-order valence-corrected chi connectivity index (χ1v) is 33.8. The number of hydrogen-bond donors (Lipinski definition) is 6. The number of benzene rings is 6. The Labute approximate surface area is 591 Å². The van der Waals surface area contributed by atoms with E-state index in [1.54, 1.807) is 12.4 Å². The molecule has 6 aromatic carbocycles. The average Bonchev–Trinajstić information content (AvgIpc) is 0.992. The second kappa shape index (κ2) is 34.7. The van der Waals surface area contributed by atoms with E-state index in [9.17, 15) is 38.5 Å². The molecule has 0 aliphatic rings. The second-order valence-electron chi connectivity index (χ2n) is 24.9. The molecule has 0 aliphatic carbocycles. The molecule has 0 saturated heterocycles. The lowest BCUT2D eigenvalue weighted by Crippen LogP contribution is -2.32. The minimum absolute atomic E-state index is 0.0755. The number of nitrogens with zero attached hydrogens (tertiary/aromatic N) is 6. The first-order valence-electron chi connectivity index (χ1n) is 33.8. The smallest absolute Gasteiger partial charge is 0.326 e. The van der Waals surface area contributed by atoms with Gasteiger partial charge in [-0.25, -0.2) is 53.1 Å². The number of carboxylic acids is 3. The van der Waals surface area contributed by atoms with Gasteiger partial charge in [0, 0.05) is 74.0 Å². The van der Waals surface area contributed by atoms with Crippen molar-refractivity contribution in [3.63, 3.8) is 0 Å². The summed E-state index contributed by atoms with van der Waals surface area (Å²) >= 11 is 0. The molecule has 3 unspecified atom stereocenters. The first-order chi connectivity index (χ1) is 49.3. The van der Waals surface area contributed by atoms with Crippen LogP contribution in [0.25, 0.3) is 33.8 Å². The Kier molecular flexibility index (Phi) is 24.8. The van der Waals surface area contributed by atoms with Gasteiger partial charge in [0.25, 0.3) is 0 Å². The number of aromatic nitrogens is 6. The minimum Gasteiger partial charge on any atom is -0.480 e. The lowest BCUT2D eigenvalue weighted by molar-refractivity contribution is -0.138. The van der Waals surface area contributed by atoms with E-state index >= 15 is 0 Å². The Morgan fingerprint density at radius 2 is 0.765 bits per heavy atom. The minimum atomic E-state index is -1.10. The molecule has 0 spiro atoms. The van der Waals surface area contributed by atoms with Crippen LogP contribution in [0.3, 0.4) is 0 Å². The molecule has 0 fully saturated rings. The summed E-state index contributed by atoms with van der Waals surface area (Å²) < 4.78 is 45.9. The van der Waals surface area contributed by atoms with Crippen LogP contribution < -0.4 is 16.0 Å². The third-order valence-electron chi connectivity index (χ3n) is 16.9. The van der Waals surface area contributed by atoms with Crippen LogP contribution in [0.4, 0.5) is 26.2 Å². The highest BCUT2D eigenvalue weighted by atomic mass is 19.2. The lowest BCUT2D eigenvalue weighted by Gasteiger charge is -2.17. The molecule has 0 saturated carbocycles. The molecule has 0 aliphatic heterocycles. The fraction of sp³-hybridized carbons (Fsp3) is 0.232. The van der Waals surface area contributed by atoms with Gasteiger partial charge < -0.3 is 44.5 Å². The SMILES string of the molecule is CCc1oc(CC(Nc2ncc(-c3ccccc3)nc2Cc2cccc(F)c2F)C(=O)O)cc1C.CCc1oc(CC(Nc2ncc(-c3ccccc3)nc2Cc2ccccc2)C(=O)O)cc1C.Cc1cc(CC(Nc2ncc(-c3ccccc3)nc2Cc2ccccc2)C(=O)O)oc1C(C)C. The molecular weight excluding hydrogens is 1290 g/mol. The van der Waals surface area contributed by atoms with Gasteiger partial charge >= 0.3 is 17.9 Å². The number of aliphatic carboxylic acids is 3. The number of carbonyl (C=O) groups is 3. The molecule has 3 atom stereocenters. The van der Waals surface area contributed by atoms with Gasteiger partial charge in [0.1, 0.15) is 70.1 Å². The van der Waals surface area contributed by atoms with Gasteiger partial charge in [-0.15, -0.1) is 0 Å². The number of furan rings is 3. The molecule has 12 aromatic rings. The van der Waals surface area contributed by atoms with Crippen molar-refractivity contribution in [1.82, 2.24) is 29.9 Å². The number of hydrogen-bond acceptors (Lipinski definition) is 15. The molecular formula is C82H81F2N9O9. The topological polar surface area (TPSA) is 265 Å². The summed E-state index contributed by atoms with van der Waals surface area (Å²) in [5.74, 6) is 0.737. The Morgan fingerprint density at radius 1 is 0.431 bits per heavy atom. The summed E-state index contributed by atoms with van der Waals surface area (Å²) in [6, 6.07) is 55.5. The summed E-state index contributed by atoms with van der Waals surface area (Å²) in [6.07, 6.45) is 7.82. The number of carboxylic acid groups (broad SMARTS) is 3. The normalized spacial score (nSPS) is 11.9. The van der Waals surface area contributed by atoms with E-state index in [1.807, 2.05) is 204 Å². The number of rotatable bonds is 27. The third-order valence-corrected chi connectivity index (χ3v) is 16.9. The third kappa shape index (κ3) is 19.5. The van der Waals surface area contributed by atoms with Crippen molar-refractivity contribution in [1.29, 1.82) is 0 Å². The maximum atomic E-state index is 14.4. The number of aryl methyl sites for hydroxylation is 5. The largest absolute Gasteiger partial charge is 0.480 e. The van der Waals surface area contributed by atoms with Crippen LogP contribution in [0.1, 0.15) is 119 Å². The predicted molar refractivity (Wildman–Crippen MR) is 389 cm³/mol. The highest BCUT2D eigenvalue weighted by Crippen LogP contribution is 2.30. The molecule has 102 heavy (non-hydrogen) atoms. The van der Waals surface area contributed by atoms with E-state index in [1.165, 1.54) is 18.3 Å². The predicted octanol–water partition coefficient (Wildman–Crippen LogP) is 16.8. The molecule has 0 bridgehead atoms.